The predicted molar refractivity (Wildman–Crippen MR) is 211 cm³/mol. The number of piperidine rings is 1. The summed E-state index contributed by atoms with van der Waals surface area (Å²) in [5.74, 6) is -0.669. The summed E-state index contributed by atoms with van der Waals surface area (Å²) < 4.78 is 0. The molecule has 1 aromatic carbocycles. The number of allylic oxidation sites excluding steroid dienone is 1. The van der Waals surface area contributed by atoms with Crippen molar-refractivity contribution in [2.24, 2.45) is 17.3 Å². The number of urea groups is 1. The van der Waals surface area contributed by atoms with Gasteiger partial charge in [-0.2, -0.15) is 0 Å². The van der Waals surface area contributed by atoms with Crippen molar-refractivity contribution >= 4 is 47.2 Å². The van der Waals surface area contributed by atoms with Crippen LogP contribution in [0.15, 0.2) is 48.6 Å². The lowest BCUT2D eigenvalue weighted by atomic mass is 9.86. The van der Waals surface area contributed by atoms with Gasteiger partial charge in [-0.15, -0.1) is 24.8 Å². The number of ketones is 1. The Morgan fingerprint density at radius 1 is 1.06 bits per heavy atom. The van der Waals surface area contributed by atoms with Crippen LogP contribution in [0.3, 0.4) is 0 Å². The summed E-state index contributed by atoms with van der Waals surface area (Å²) >= 11 is 0.938. The van der Waals surface area contributed by atoms with E-state index in [1.807, 2.05) is 65.0 Å². The normalized spacial score (nSPS) is 20.1. The van der Waals surface area contributed by atoms with Gasteiger partial charge in [-0.25, -0.2) is 4.79 Å². The molecule has 13 heteroatoms. The number of thioether (sulfide) groups is 1. The highest BCUT2D eigenvalue weighted by molar-refractivity contribution is 8.00. The number of benzene rings is 1. The third-order valence-corrected chi connectivity index (χ3v) is 11.2. The van der Waals surface area contributed by atoms with Crippen LogP contribution in [-0.4, -0.2) is 101 Å². The smallest absolute Gasteiger partial charge is 0.315 e. The average Bonchev–Trinajstić information content (AvgIpc) is 3.75. The number of nitrogens with zero attached hydrogens (tertiary/aromatic N) is 2. The number of hydrogen-bond acceptors (Lipinski definition) is 7. The van der Waals surface area contributed by atoms with Gasteiger partial charge in [0.25, 0.3) is 11.7 Å². The van der Waals surface area contributed by atoms with Gasteiger partial charge in [0.15, 0.2) is 0 Å². The standard InChI is InChI=1S/C41H56N6O6S/c1-8-17-42-37(51)35(49)38(54-19-9-2)45-36(50)31-21-27(20-26(3)4)24-47(31)39(52)34(30-22-28-14-10-11-15-29(28)23-30)44-40(53)43-32(41(5,6)7)25-46-18-13-12-16-33(46)48/h2,8,10-11,14-15,20,27,30-32,34,38H,1,12-13,16-19,21-25H2,3-7H3,(H,42,51)(H,45,50)(H2,43,44,53)/t27-,31+,32-,34+,38?/m1/s1. The van der Waals surface area contributed by atoms with Crippen molar-refractivity contribution in [2.75, 3.05) is 31.9 Å². The van der Waals surface area contributed by atoms with E-state index in [1.165, 1.54) is 11.0 Å². The minimum atomic E-state index is -1.28. The van der Waals surface area contributed by atoms with Crippen molar-refractivity contribution in [1.29, 1.82) is 0 Å². The van der Waals surface area contributed by atoms with Gasteiger partial charge in [0.05, 0.1) is 11.8 Å². The first kappa shape index (κ1) is 42.2. The second-order valence-corrected chi connectivity index (χ2v) is 16.9. The molecule has 0 spiro atoms. The molecule has 0 aromatic heterocycles. The lowest BCUT2D eigenvalue weighted by Gasteiger charge is -2.38. The number of nitrogens with one attached hydrogen (secondary N) is 4. The van der Waals surface area contributed by atoms with E-state index in [4.69, 9.17) is 6.42 Å². The SMILES string of the molecule is C#CCSC(NC(=O)[C@@H]1C[C@@H](C=C(C)C)CN1C(=O)[C@@H](NC(=O)N[C@H](CN1CCCCC1=O)C(C)(C)C)C1Cc2ccccc2C1)C(=O)C(=O)NCC=C. The fourth-order valence-corrected chi connectivity index (χ4v) is 8.13. The van der Waals surface area contributed by atoms with Gasteiger partial charge >= 0.3 is 6.03 Å². The first-order chi connectivity index (χ1) is 25.6. The van der Waals surface area contributed by atoms with Gasteiger partial charge in [0.2, 0.25) is 17.7 Å². The Balaban J connectivity index is 1.62. The number of carbonyl (C=O) groups excluding carboxylic acids is 6. The van der Waals surface area contributed by atoms with Crippen molar-refractivity contribution in [3.63, 3.8) is 0 Å². The van der Waals surface area contributed by atoms with Crippen LogP contribution in [0.2, 0.25) is 0 Å². The van der Waals surface area contributed by atoms with E-state index in [0.29, 0.717) is 32.4 Å². The lowest BCUT2D eigenvalue weighted by Crippen LogP contribution is -2.61. The van der Waals surface area contributed by atoms with Crippen LogP contribution in [0, 0.1) is 29.6 Å². The Morgan fingerprint density at radius 3 is 2.33 bits per heavy atom. The van der Waals surface area contributed by atoms with E-state index >= 15 is 0 Å². The van der Waals surface area contributed by atoms with Crippen LogP contribution in [-0.2, 0) is 36.8 Å². The monoisotopic (exact) mass is 760 g/mol. The second-order valence-electron chi connectivity index (χ2n) is 15.8. The number of carbonyl (C=O) groups is 6. The first-order valence-corrected chi connectivity index (χ1v) is 19.8. The van der Waals surface area contributed by atoms with Crippen LogP contribution in [0.4, 0.5) is 4.79 Å². The van der Waals surface area contributed by atoms with Gasteiger partial charge in [-0.05, 0) is 74.3 Å². The number of rotatable bonds is 15. The fourth-order valence-electron chi connectivity index (χ4n) is 7.40. The number of likely N-dealkylation sites (tertiary alicyclic amines) is 2. The average molecular weight is 761 g/mol. The highest BCUT2D eigenvalue weighted by Gasteiger charge is 2.45. The maximum Gasteiger partial charge on any atom is 0.315 e. The number of Topliss-reactive ketones (excluding diaryl/α,β-unsaturated/α-hetero) is 1. The van der Waals surface area contributed by atoms with Gasteiger partial charge in [0, 0.05) is 32.6 Å². The lowest BCUT2D eigenvalue weighted by molar-refractivity contribution is -0.142. The molecule has 5 atom stereocenters. The predicted octanol–water partition coefficient (Wildman–Crippen LogP) is 3.36. The third-order valence-electron chi connectivity index (χ3n) is 10.2. The Bertz CT molecular complexity index is 1630. The maximum absolute atomic E-state index is 14.9. The summed E-state index contributed by atoms with van der Waals surface area (Å²) in [5.41, 5.74) is 2.81. The van der Waals surface area contributed by atoms with Gasteiger partial charge in [-0.3, -0.25) is 24.0 Å². The summed E-state index contributed by atoms with van der Waals surface area (Å²) in [6.07, 6.45) is 12.6. The Kier molecular flexibility index (Phi) is 15.0. The highest BCUT2D eigenvalue weighted by Crippen LogP contribution is 2.33. The maximum atomic E-state index is 14.9. The zero-order valence-electron chi connectivity index (χ0n) is 32.2. The van der Waals surface area contributed by atoms with E-state index < -0.39 is 58.5 Å². The summed E-state index contributed by atoms with van der Waals surface area (Å²) in [6, 6.07) is 5.04. The minimum absolute atomic E-state index is 0.0595. The molecular formula is C41H56N6O6S. The minimum Gasteiger partial charge on any atom is -0.346 e. The molecule has 6 amide bonds. The fraction of sp³-hybridized carbons (Fsp3) is 0.561. The molecule has 2 saturated heterocycles. The molecule has 3 aliphatic rings. The van der Waals surface area contributed by atoms with Gasteiger partial charge in [-0.1, -0.05) is 68.7 Å². The summed E-state index contributed by atoms with van der Waals surface area (Å²) in [5, 5.41) is 9.99. The molecule has 4 N–H and O–H groups in total. The van der Waals surface area contributed by atoms with E-state index in [2.05, 4.69) is 33.8 Å². The molecule has 292 valence electrons. The Hall–Kier alpha value is -4.57. The molecule has 1 aromatic rings. The quantitative estimate of drug-likeness (QED) is 0.0925. The van der Waals surface area contributed by atoms with Crippen molar-refractivity contribution in [2.45, 2.75) is 96.6 Å². The Morgan fingerprint density at radius 2 is 1.74 bits per heavy atom. The molecule has 0 radical (unpaired) electrons. The molecule has 4 rings (SSSR count). The van der Waals surface area contributed by atoms with Crippen LogP contribution in [0.1, 0.15) is 71.4 Å². The molecule has 2 aliphatic heterocycles. The second kappa shape index (κ2) is 19.1. The molecule has 1 unspecified atom stereocenters. The van der Waals surface area contributed by atoms with Gasteiger partial charge < -0.3 is 31.1 Å². The van der Waals surface area contributed by atoms with Crippen molar-refractivity contribution in [3.05, 3.63) is 59.7 Å². The first-order valence-electron chi connectivity index (χ1n) is 18.8. The molecule has 0 saturated carbocycles. The van der Waals surface area contributed by atoms with Crippen LogP contribution < -0.4 is 21.3 Å². The Labute approximate surface area is 324 Å². The van der Waals surface area contributed by atoms with Crippen LogP contribution >= 0.6 is 11.8 Å². The summed E-state index contributed by atoms with van der Waals surface area (Å²) in [6.45, 7) is 14.7. The third kappa shape index (κ3) is 11.2. The number of fused-ring (bicyclic) bond motifs is 1. The molecule has 1 aliphatic carbocycles. The van der Waals surface area contributed by atoms with Crippen LogP contribution in [0.5, 0.6) is 0 Å². The van der Waals surface area contributed by atoms with E-state index in [9.17, 15) is 28.8 Å². The largest absolute Gasteiger partial charge is 0.346 e. The summed E-state index contributed by atoms with van der Waals surface area (Å²) in [4.78, 5) is 84.7. The van der Waals surface area contributed by atoms with Crippen LogP contribution in [0.25, 0.3) is 0 Å². The van der Waals surface area contributed by atoms with E-state index in [1.54, 1.807) is 4.90 Å². The van der Waals surface area contributed by atoms with Crippen molar-refractivity contribution < 1.29 is 28.8 Å². The number of hydrogen-bond donors (Lipinski definition) is 4. The molecule has 2 fully saturated rings. The zero-order valence-corrected chi connectivity index (χ0v) is 33.1. The number of terminal acetylenes is 1. The van der Waals surface area contributed by atoms with Crippen molar-refractivity contribution in [1.82, 2.24) is 31.1 Å². The zero-order chi connectivity index (χ0) is 39.6. The highest BCUT2D eigenvalue weighted by atomic mass is 32.2. The summed E-state index contributed by atoms with van der Waals surface area (Å²) in [7, 11) is 0. The van der Waals surface area contributed by atoms with Gasteiger partial charge in [0.1, 0.15) is 17.5 Å². The van der Waals surface area contributed by atoms with E-state index in [0.717, 1.165) is 41.3 Å². The van der Waals surface area contributed by atoms with E-state index in [-0.39, 0.29) is 43.0 Å². The molecule has 12 nitrogen and oxygen atoms in total. The van der Waals surface area contributed by atoms with Crippen molar-refractivity contribution in [3.8, 4) is 12.3 Å². The number of amides is 6. The molecule has 2 heterocycles. The molecule has 0 bridgehead atoms. The molecule has 54 heavy (non-hydrogen) atoms. The molecular weight excluding hydrogens is 705 g/mol. The topological polar surface area (TPSA) is 157 Å².